The van der Waals surface area contributed by atoms with E-state index in [1.807, 2.05) is 13.8 Å². The van der Waals surface area contributed by atoms with Gasteiger partial charge in [-0.1, -0.05) is 26.0 Å². The summed E-state index contributed by atoms with van der Waals surface area (Å²) in [5, 5.41) is 0. The number of Topliss-reactive ketones (excluding diaryl/α,β-unsaturated/α-hetero) is 1. The molecule has 19 heavy (non-hydrogen) atoms. The maximum absolute atomic E-state index is 11.5. The van der Waals surface area contributed by atoms with E-state index < -0.39 is 0 Å². The Labute approximate surface area is 114 Å². The normalized spacial score (nSPS) is 9.58. The van der Waals surface area contributed by atoms with E-state index in [4.69, 9.17) is 10.5 Å². The van der Waals surface area contributed by atoms with E-state index >= 15 is 0 Å². The number of rotatable bonds is 5. The molecule has 1 aromatic carbocycles. The minimum absolute atomic E-state index is 0.0255. The summed E-state index contributed by atoms with van der Waals surface area (Å²) in [7, 11) is 0. The summed E-state index contributed by atoms with van der Waals surface area (Å²) in [5.41, 5.74) is 6.57. The number of hydrogen-bond donors (Lipinski definition) is 1. The fourth-order valence-corrected chi connectivity index (χ4v) is 1.34. The number of ketones is 1. The molecule has 2 N–H and O–H groups in total. The Morgan fingerprint density at radius 1 is 1.16 bits per heavy atom. The maximum Gasteiger partial charge on any atom is 0.338 e. The van der Waals surface area contributed by atoms with Gasteiger partial charge < -0.3 is 10.5 Å². The second-order valence-corrected chi connectivity index (χ2v) is 4.07. The lowest BCUT2D eigenvalue weighted by atomic mass is 10.1. The molecule has 0 aliphatic rings. The van der Waals surface area contributed by atoms with Gasteiger partial charge in [0.05, 0.1) is 18.2 Å². The molecule has 0 heterocycles. The van der Waals surface area contributed by atoms with Crippen molar-refractivity contribution < 1.29 is 14.3 Å². The highest BCUT2D eigenvalue weighted by atomic mass is 16.5. The van der Waals surface area contributed by atoms with Gasteiger partial charge in [-0.2, -0.15) is 0 Å². The molecule has 0 aliphatic carbocycles. The van der Waals surface area contributed by atoms with Crippen LogP contribution in [0.3, 0.4) is 0 Å². The van der Waals surface area contributed by atoms with Crippen LogP contribution in [0.1, 0.15) is 43.6 Å². The number of ether oxygens (including phenoxy) is 1. The fourth-order valence-electron chi connectivity index (χ4n) is 1.34. The van der Waals surface area contributed by atoms with Crippen LogP contribution in [-0.4, -0.2) is 24.4 Å². The van der Waals surface area contributed by atoms with Gasteiger partial charge in [-0.15, -0.1) is 0 Å². The molecular weight excluding hydrogens is 242 g/mol. The zero-order valence-corrected chi connectivity index (χ0v) is 12.1. The van der Waals surface area contributed by atoms with E-state index in [9.17, 15) is 9.59 Å². The third-order valence-corrected chi connectivity index (χ3v) is 2.16. The van der Waals surface area contributed by atoms with Gasteiger partial charge in [0.15, 0.2) is 5.78 Å². The van der Waals surface area contributed by atoms with Gasteiger partial charge >= 0.3 is 5.97 Å². The minimum atomic E-state index is -0.350. The monoisotopic (exact) mass is 265 g/mol. The molecule has 0 saturated carbocycles. The summed E-state index contributed by atoms with van der Waals surface area (Å²) in [5.74, 6) is -0.376. The second-order valence-electron chi connectivity index (χ2n) is 4.07. The SMILES string of the molecule is CC.CC(C)OC(=O)c1ccc(CC(=O)CN)cc1. The van der Waals surface area contributed by atoms with Gasteiger partial charge in [0, 0.05) is 6.42 Å². The molecule has 4 heteroatoms. The Morgan fingerprint density at radius 2 is 1.68 bits per heavy atom. The molecule has 0 spiro atoms. The van der Waals surface area contributed by atoms with Crippen molar-refractivity contribution in [2.45, 2.75) is 40.2 Å². The van der Waals surface area contributed by atoms with E-state index in [1.165, 1.54) is 0 Å². The molecule has 1 rings (SSSR count). The molecule has 0 saturated heterocycles. The van der Waals surface area contributed by atoms with Crippen molar-refractivity contribution in [1.82, 2.24) is 0 Å². The van der Waals surface area contributed by atoms with Crippen molar-refractivity contribution in [3.63, 3.8) is 0 Å². The van der Waals surface area contributed by atoms with Gasteiger partial charge in [0.1, 0.15) is 0 Å². The summed E-state index contributed by atoms with van der Waals surface area (Å²) in [6, 6.07) is 6.79. The molecule has 0 aliphatic heterocycles. The van der Waals surface area contributed by atoms with E-state index in [-0.39, 0.29) is 24.4 Å². The lowest BCUT2D eigenvalue weighted by Crippen LogP contribution is -2.16. The Hall–Kier alpha value is -1.68. The zero-order chi connectivity index (χ0) is 14.8. The molecule has 0 bridgehead atoms. The van der Waals surface area contributed by atoms with E-state index in [1.54, 1.807) is 38.1 Å². The van der Waals surface area contributed by atoms with Crippen molar-refractivity contribution in [3.8, 4) is 0 Å². The maximum atomic E-state index is 11.5. The molecular formula is C15H23NO3. The van der Waals surface area contributed by atoms with Crippen molar-refractivity contribution >= 4 is 11.8 Å². The molecule has 0 atom stereocenters. The first-order valence-corrected chi connectivity index (χ1v) is 6.54. The van der Waals surface area contributed by atoms with Crippen LogP contribution in [0.25, 0.3) is 0 Å². The lowest BCUT2D eigenvalue weighted by Gasteiger charge is -2.08. The van der Waals surface area contributed by atoms with Crippen molar-refractivity contribution in [3.05, 3.63) is 35.4 Å². The lowest BCUT2D eigenvalue weighted by molar-refractivity contribution is -0.117. The molecule has 1 aromatic rings. The molecule has 4 nitrogen and oxygen atoms in total. The van der Waals surface area contributed by atoms with Gasteiger partial charge in [-0.05, 0) is 31.5 Å². The number of carbonyl (C=O) groups is 2. The van der Waals surface area contributed by atoms with E-state index in [0.717, 1.165) is 5.56 Å². The van der Waals surface area contributed by atoms with Gasteiger partial charge in [-0.25, -0.2) is 4.79 Å². The van der Waals surface area contributed by atoms with Crippen LogP contribution in [-0.2, 0) is 16.0 Å². The van der Waals surface area contributed by atoms with Gasteiger partial charge in [-0.3, -0.25) is 4.79 Å². The predicted octanol–water partition coefficient (Wildman–Crippen LogP) is 2.35. The number of esters is 1. The molecule has 0 unspecified atom stereocenters. The number of carbonyl (C=O) groups excluding carboxylic acids is 2. The van der Waals surface area contributed by atoms with Crippen LogP contribution in [0, 0.1) is 0 Å². The Bertz CT molecular complexity index is 396. The molecule has 0 radical (unpaired) electrons. The largest absolute Gasteiger partial charge is 0.459 e. The highest BCUT2D eigenvalue weighted by molar-refractivity contribution is 5.89. The molecule has 0 amide bonds. The van der Waals surface area contributed by atoms with Crippen LogP contribution in [0.15, 0.2) is 24.3 Å². The summed E-state index contributed by atoms with van der Waals surface area (Å²) in [4.78, 5) is 22.7. The molecule has 0 aromatic heterocycles. The smallest absolute Gasteiger partial charge is 0.338 e. The Balaban J connectivity index is 0.00000154. The molecule has 0 fully saturated rings. The quantitative estimate of drug-likeness (QED) is 0.830. The van der Waals surface area contributed by atoms with E-state index in [0.29, 0.717) is 12.0 Å². The average molecular weight is 265 g/mol. The van der Waals surface area contributed by atoms with E-state index in [2.05, 4.69) is 0 Å². The highest BCUT2D eigenvalue weighted by Crippen LogP contribution is 2.08. The van der Waals surface area contributed by atoms with Crippen molar-refractivity contribution in [2.75, 3.05) is 6.54 Å². The summed E-state index contributed by atoms with van der Waals surface area (Å²) < 4.78 is 5.05. The Kier molecular flexibility index (Phi) is 8.46. The first-order chi connectivity index (χ1) is 9.02. The standard InChI is InChI=1S/C13H17NO3.C2H6/c1-9(2)17-13(16)11-5-3-10(4-6-11)7-12(15)8-14;1-2/h3-6,9H,7-8,14H2,1-2H3;1-2H3. The number of benzene rings is 1. The fraction of sp³-hybridized carbons (Fsp3) is 0.467. The third kappa shape index (κ3) is 6.72. The van der Waals surface area contributed by atoms with Crippen LogP contribution in [0.2, 0.25) is 0 Å². The van der Waals surface area contributed by atoms with Gasteiger partial charge in [0.25, 0.3) is 0 Å². The number of hydrogen-bond acceptors (Lipinski definition) is 4. The summed E-state index contributed by atoms with van der Waals surface area (Å²) in [6.07, 6.45) is 0.164. The minimum Gasteiger partial charge on any atom is -0.459 e. The van der Waals surface area contributed by atoms with Crippen molar-refractivity contribution in [2.24, 2.45) is 5.73 Å². The van der Waals surface area contributed by atoms with Crippen LogP contribution >= 0.6 is 0 Å². The topological polar surface area (TPSA) is 69.4 Å². The first-order valence-electron chi connectivity index (χ1n) is 6.54. The van der Waals surface area contributed by atoms with Crippen LogP contribution in [0.4, 0.5) is 0 Å². The van der Waals surface area contributed by atoms with Crippen molar-refractivity contribution in [1.29, 1.82) is 0 Å². The van der Waals surface area contributed by atoms with Crippen LogP contribution < -0.4 is 5.73 Å². The molecule has 106 valence electrons. The predicted molar refractivity (Wildman–Crippen MR) is 76.1 cm³/mol. The number of nitrogens with two attached hydrogens (primary N) is 1. The first kappa shape index (κ1) is 17.3. The highest BCUT2D eigenvalue weighted by Gasteiger charge is 2.09. The zero-order valence-electron chi connectivity index (χ0n) is 12.1. The van der Waals surface area contributed by atoms with Crippen LogP contribution in [0.5, 0.6) is 0 Å². The second kappa shape index (κ2) is 9.28. The summed E-state index contributed by atoms with van der Waals surface area (Å²) in [6.45, 7) is 7.63. The average Bonchev–Trinajstić information content (AvgIpc) is 2.41. The Morgan fingerprint density at radius 3 is 2.11 bits per heavy atom. The summed E-state index contributed by atoms with van der Waals surface area (Å²) >= 11 is 0. The third-order valence-electron chi connectivity index (χ3n) is 2.16. The van der Waals surface area contributed by atoms with Gasteiger partial charge in [0.2, 0.25) is 0 Å².